The van der Waals surface area contributed by atoms with E-state index in [2.05, 4.69) is 20.1 Å². The van der Waals surface area contributed by atoms with E-state index in [0.717, 1.165) is 45.0 Å². The fraction of sp³-hybridized carbons (Fsp3) is 0.240. The summed E-state index contributed by atoms with van der Waals surface area (Å²) in [6.07, 6.45) is 0. The molecule has 2 heterocycles. The monoisotopic (exact) mass is 494 g/mol. The maximum absolute atomic E-state index is 12.8. The third kappa shape index (κ3) is 6.05. The number of hydrogen-bond donors (Lipinski definition) is 1. The Hall–Kier alpha value is -3.14. The minimum Gasteiger partial charge on any atom is -0.457 e. The quantitative estimate of drug-likeness (QED) is 0.199. The summed E-state index contributed by atoms with van der Waals surface area (Å²) >= 11 is 2.82. The highest BCUT2D eigenvalue weighted by Crippen LogP contribution is 2.30. The van der Waals surface area contributed by atoms with Crippen molar-refractivity contribution in [2.24, 2.45) is 0 Å². The number of nitrogens with one attached hydrogen (secondary N) is 1. The Morgan fingerprint density at radius 1 is 1.06 bits per heavy atom. The Morgan fingerprint density at radius 2 is 1.79 bits per heavy atom. The van der Waals surface area contributed by atoms with Crippen LogP contribution in [0, 0.1) is 13.8 Å². The van der Waals surface area contributed by atoms with Crippen LogP contribution in [0.25, 0.3) is 0 Å². The van der Waals surface area contributed by atoms with Gasteiger partial charge in [-0.2, -0.15) is 0 Å². The van der Waals surface area contributed by atoms with Crippen molar-refractivity contribution < 1.29 is 14.3 Å². The van der Waals surface area contributed by atoms with Gasteiger partial charge in [0, 0.05) is 36.3 Å². The third-order valence-electron chi connectivity index (χ3n) is 5.21. The fourth-order valence-corrected chi connectivity index (χ4v) is 5.14. The first-order valence-corrected chi connectivity index (χ1v) is 12.6. The van der Waals surface area contributed by atoms with Gasteiger partial charge in [0.1, 0.15) is 11.5 Å². The zero-order chi connectivity index (χ0) is 23.9. The topological polar surface area (TPSA) is 78.3 Å². The van der Waals surface area contributed by atoms with Crippen LogP contribution >= 0.6 is 23.1 Å². The molecule has 0 saturated carbocycles. The number of nitrogens with zero attached hydrogens (tertiary/aromatic N) is 3. The predicted molar refractivity (Wildman–Crippen MR) is 137 cm³/mol. The van der Waals surface area contributed by atoms with E-state index < -0.39 is 0 Å². The number of anilines is 2. The van der Waals surface area contributed by atoms with E-state index in [0.29, 0.717) is 17.5 Å². The number of benzene rings is 2. The van der Waals surface area contributed by atoms with E-state index in [4.69, 9.17) is 9.47 Å². The molecule has 0 bridgehead atoms. The molecule has 0 aliphatic rings. The van der Waals surface area contributed by atoms with Crippen LogP contribution in [0.1, 0.15) is 21.7 Å². The SMILES string of the molecule is COCCn1c(C)cc(C(=O)CSc2nnc(Nc3ccc(Oc4ccccc4)cc3)s2)c1C. The molecule has 0 saturated heterocycles. The summed E-state index contributed by atoms with van der Waals surface area (Å²) in [5, 5.41) is 12.3. The van der Waals surface area contributed by atoms with Crippen LogP contribution in [0.4, 0.5) is 10.8 Å². The number of para-hydroxylation sites is 1. The Balaban J connectivity index is 1.31. The number of thioether (sulfide) groups is 1. The molecule has 2 aromatic heterocycles. The lowest BCUT2D eigenvalue weighted by atomic mass is 10.2. The van der Waals surface area contributed by atoms with E-state index in [1.54, 1.807) is 7.11 Å². The van der Waals surface area contributed by atoms with Crippen molar-refractivity contribution in [3.8, 4) is 11.5 Å². The minimum atomic E-state index is 0.0838. The summed E-state index contributed by atoms with van der Waals surface area (Å²) < 4.78 is 13.8. The molecular weight excluding hydrogens is 468 g/mol. The van der Waals surface area contributed by atoms with Gasteiger partial charge in [0.25, 0.3) is 0 Å². The van der Waals surface area contributed by atoms with Crippen LogP contribution in [-0.4, -0.2) is 40.0 Å². The number of ether oxygens (including phenoxy) is 2. The second-order valence-electron chi connectivity index (χ2n) is 7.58. The molecule has 7 nitrogen and oxygen atoms in total. The Bertz CT molecular complexity index is 1240. The smallest absolute Gasteiger partial charge is 0.210 e. The number of carbonyl (C=O) groups excluding carboxylic acids is 1. The van der Waals surface area contributed by atoms with Crippen molar-refractivity contribution in [1.29, 1.82) is 0 Å². The first-order valence-electron chi connectivity index (χ1n) is 10.8. The summed E-state index contributed by atoms with van der Waals surface area (Å²) in [7, 11) is 1.68. The van der Waals surface area contributed by atoms with Crippen LogP contribution in [0.2, 0.25) is 0 Å². The molecule has 4 rings (SSSR count). The molecule has 0 atom stereocenters. The van der Waals surface area contributed by atoms with E-state index in [1.807, 2.05) is 74.5 Å². The second-order valence-corrected chi connectivity index (χ2v) is 9.78. The summed E-state index contributed by atoms with van der Waals surface area (Å²) in [6.45, 7) is 5.33. The summed E-state index contributed by atoms with van der Waals surface area (Å²) in [6, 6.07) is 19.2. The summed E-state index contributed by atoms with van der Waals surface area (Å²) in [4.78, 5) is 12.8. The van der Waals surface area contributed by atoms with Gasteiger partial charge in [-0.1, -0.05) is 41.3 Å². The van der Waals surface area contributed by atoms with E-state index in [9.17, 15) is 4.79 Å². The van der Waals surface area contributed by atoms with Crippen LogP contribution in [0.3, 0.4) is 0 Å². The highest BCUT2D eigenvalue weighted by atomic mass is 32.2. The molecule has 0 fully saturated rings. The molecule has 34 heavy (non-hydrogen) atoms. The van der Waals surface area contributed by atoms with E-state index in [-0.39, 0.29) is 5.78 Å². The second kappa shape index (κ2) is 11.3. The first kappa shape index (κ1) is 24.0. The molecule has 0 radical (unpaired) electrons. The zero-order valence-corrected chi connectivity index (χ0v) is 20.9. The molecular formula is C25H26N4O3S2. The van der Waals surface area contributed by atoms with Gasteiger partial charge >= 0.3 is 0 Å². The summed E-state index contributed by atoms with van der Waals surface area (Å²) in [5.41, 5.74) is 3.67. The van der Waals surface area contributed by atoms with Gasteiger partial charge in [-0.15, -0.1) is 10.2 Å². The molecule has 0 spiro atoms. The minimum absolute atomic E-state index is 0.0838. The lowest BCUT2D eigenvalue weighted by Crippen LogP contribution is -2.09. The lowest BCUT2D eigenvalue weighted by Gasteiger charge is -2.08. The first-order chi connectivity index (χ1) is 16.5. The number of carbonyl (C=O) groups is 1. The average Bonchev–Trinajstić information content (AvgIpc) is 3.41. The number of methoxy groups -OCH3 is 1. The molecule has 4 aromatic rings. The van der Waals surface area contributed by atoms with Crippen LogP contribution < -0.4 is 10.1 Å². The van der Waals surface area contributed by atoms with Gasteiger partial charge < -0.3 is 19.4 Å². The highest BCUT2D eigenvalue weighted by molar-refractivity contribution is 8.01. The van der Waals surface area contributed by atoms with Crippen LogP contribution in [0.15, 0.2) is 65.0 Å². The number of rotatable bonds is 11. The molecule has 9 heteroatoms. The Kier molecular flexibility index (Phi) is 7.99. The highest BCUT2D eigenvalue weighted by Gasteiger charge is 2.17. The van der Waals surface area contributed by atoms with Gasteiger partial charge in [0.15, 0.2) is 10.1 Å². The summed E-state index contributed by atoms with van der Waals surface area (Å²) in [5.74, 6) is 1.95. The van der Waals surface area contributed by atoms with Gasteiger partial charge in [0.2, 0.25) is 5.13 Å². The fourth-order valence-electron chi connectivity index (χ4n) is 3.49. The molecule has 176 valence electrons. The maximum atomic E-state index is 12.8. The van der Waals surface area contributed by atoms with Crippen molar-refractivity contribution in [2.45, 2.75) is 24.7 Å². The van der Waals surface area contributed by atoms with Gasteiger partial charge in [-0.25, -0.2) is 0 Å². The number of aromatic nitrogens is 3. The van der Waals surface area contributed by atoms with Gasteiger partial charge in [-0.05, 0) is 56.3 Å². The van der Waals surface area contributed by atoms with E-state index in [1.165, 1.54) is 23.1 Å². The van der Waals surface area contributed by atoms with Crippen LogP contribution in [0.5, 0.6) is 11.5 Å². The maximum Gasteiger partial charge on any atom is 0.210 e. The average molecular weight is 495 g/mol. The van der Waals surface area contributed by atoms with Crippen molar-refractivity contribution in [3.63, 3.8) is 0 Å². The van der Waals surface area contributed by atoms with Gasteiger partial charge in [-0.3, -0.25) is 4.79 Å². The van der Waals surface area contributed by atoms with Crippen molar-refractivity contribution in [3.05, 3.63) is 77.6 Å². The molecule has 0 aliphatic carbocycles. The predicted octanol–water partition coefficient (Wildman–Crippen LogP) is 6.11. The van der Waals surface area contributed by atoms with Gasteiger partial charge in [0.05, 0.1) is 12.4 Å². The van der Waals surface area contributed by atoms with Crippen molar-refractivity contribution in [2.75, 3.05) is 24.8 Å². The number of Topliss-reactive ketones (excluding diaryl/α,β-unsaturated/α-hetero) is 1. The standard InChI is InChI=1S/C25H26N4O3S2/c1-17-15-22(18(2)29(17)13-14-31-3)23(30)16-33-25-28-27-24(34-25)26-19-9-11-21(12-10-19)32-20-7-5-4-6-8-20/h4-12,15H,13-14,16H2,1-3H3,(H,26,27). The zero-order valence-electron chi connectivity index (χ0n) is 19.3. The third-order valence-corrected chi connectivity index (χ3v) is 7.18. The molecule has 2 aromatic carbocycles. The Labute approximate surface area is 207 Å². The molecule has 0 aliphatic heterocycles. The van der Waals surface area contributed by atoms with Crippen LogP contribution in [-0.2, 0) is 11.3 Å². The molecule has 0 amide bonds. The number of ketones is 1. The lowest BCUT2D eigenvalue weighted by molar-refractivity contribution is 0.102. The largest absolute Gasteiger partial charge is 0.457 e. The van der Waals surface area contributed by atoms with Crippen molar-refractivity contribution >= 4 is 39.7 Å². The molecule has 1 N–H and O–H groups in total. The Morgan fingerprint density at radius 3 is 2.53 bits per heavy atom. The number of aryl methyl sites for hydroxylation is 1. The normalized spacial score (nSPS) is 10.9. The number of hydrogen-bond acceptors (Lipinski definition) is 8. The van der Waals surface area contributed by atoms with Crippen molar-refractivity contribution in [1.82, 2.24) is 14.8 Å². The molecule has 0 unspecified atom stereocenters. The van der Waals surface area contributed by atoms with E-state index >= 15 is 0 Å².